The molecule has 9 heteroatoms. The van der Waals surface area contributed by atoms with Crippen molar-refractivity contribution in [3.8, 4) is 0 Å². The van der Waals surface area contributed by atoms with Gasteiger partial charge in [0.1, 0.15) is 6.04 Å². The number of carbonyl (C=O) groups is 3. The maximum atomic E-state index is 12.5. The summed E-state index contributed by atoms with van der Waals surface area (Å²) in [6, 6.07) is 6.72. The first-order valence-electron chi connectivity index (χ1n) is 8.71. The topological polar surface area (TPSA) is 125 Å². The van der Waals surface area contributed by atoms with E-state index in [-0.39, 0.29) is 19.5 Å². The molecule has 1 heterocycles. The molecule has 0 radical (unpaired) electrons. The number of nitrogens with one attached hydrogen (secondary N) is 2. The third-order valence-electron chi connectivity index (χ3n) is 4.05. The quantitative estimate of drug-likeness (QED) is 0.506. The molecule has 150 valence electrons. The number of ether oxygens (including phenoxy) is 1. The second kappa shape index (κ2) is 10.2. The third-order valence-corrected chi connectivity index (χ3v) is 4.05. The number of carbonyl (C=O) groups excluding carboxylic acids is 2. The van der Waals surface area contributed by atoms with E-state index in [0.717, 1.165) is 11.1 Å². The summed E-state index contributed by atoms with van der Waals surface area (Å²) in [6.07, 6.45) is 3.22. The average Bonchev–Trinajstić information content (AvgIpc) is 3.15. The molecule has 9 nitrogen and oxygen atoms in total. The largest absolute Gasteiger partial charge is 0.480 e. The fraction of sp³-hybridized carbons (Fsp3) is 0.368. The molecule has 3 N–H and O–H groups in total. The van der Waals surface area contributed by atoms with Gasteiger partial charge >= 0.3 is 11.9 Å². The lowest BCUT2D eigenvalue weighted by Gasteiger charge is -2.22. The predicted molar refractivity (Wildman–Crippen MR) is 100 cm³/mol. The number of methoxy groups -OCH3 is 1. The normalized spacial score (nSPS) is 11.8. The summed E-state index contributed by atoms with van der Waals surface area (Å²) in [6.45, 7) is 1.78. The number of hydrogen-bond donors (Lipinski definition) is 3. The summed E-state index contributed by atoms with van der Waals surface area (Å²) in [4.78, 5) is 43.8. The lowest BCUT2D eigenvalue weighted by molar-refractivity contribution is -0.145. The van der Waals surface area contributed by atoms with E-state index in [1.54, 1.807) is 6.20 Å². The van der Waals surface area contributed by atoms with Crippen LogP contribution in [0, 0.1) is 6.92 Å². The van der Waals surface area contributed by atoms with E-state index in [4.69, 9.17) is 9.84 Å². The number of amides is 1. The molecule has 0 spiro atoms. The van der Waals surface area contributed by atoms with Gasteiger partial charge in [0.25, 0.3) is 0 Å². The Morgan fingerprint density at radius 2 is 1.96 bits per heavy atom. The highest BCUT2D eigenvalue weighted by Crippen LogP contribution is 2.07. The monoisotopic (exact) mass is 388 g/mol. The molecule has 0 aliphatic rings. The highest BCUT2D eigenvalue weighted by molar-refractivity contribution is 5.86. The highest BCUT2D eigenvalue weighted by atomic mass is 16.5. The summed E-state index contributed by atoms with van der Waals surface area (Å²) in [7, 11) is 1.24. The van der Waals surface area contributed by atoms with Crippen LogP contribution in [0.5, 0.6) is 0 Å². The molecule has 1 aromatic heterocycles. The standard InChI is InChI=1S/C19H24N4O5/c1-13-3-5-14(6-4-13)9-23(11-18(25)26)10-17(24)22-16(19(27)28-2)7-15-8-20-12-21-15/h3-6,8,12,16H,7,9-11H2,1-2H3,(H,20,21)(H,22,24)(H,25,26). The van der Waals surface area contributed by atoms with E-state index in [1.165, 1.54) is 18.3 Å². The Morgan fingerprint density at radius 3 is 2.54 bits per heavy atom. The van der Waals surface area contributed by atoms with Gasteiger partial charge in [0, 0.05) is 24.9 Å². The number of benzene rings is 1. The van der Waals surface area contributed by atoms with Gasteiger partial charge in [-0.1, -0.05) is 29.8 Å². The fourth-order valence-electron chi connectivity index (χ4n) is 2.71. The van der Waals surface area contributed by atoms with Gasteiger partial charge in [-0.2, -0.15) is 0 Å². The van der Waals surface area contributed by atoms with E-state index in [2.05, 4.69) is 15.3 Å². The van der Waals surface area contributed by atoms with Crippen LogP contribution < -0.4 is 5.32 Å². The zero-order valence-electron chi connectivity index (χ0n) is 15.8. The Kier molecular flexibility index (Phi) is 7.70. The molecular weight excluding hydrogens is 364 g/mol. The number of rotatable bonds is 10. The molecule has 0 saturated heterocycles. The molecule has 0 bridgehead atoms. The molecule has 2 aromatic rings. The first-order valence-corrected chi connectivity index (χ1v) is 8.71. The molecule has 0 saturated carbocycles. The minimum absolute atomic E-state index is 0.170. The zero-order valence-corrected chi connectivity index (χ0v) is 15.8. The summed E-state index contributed by atoms with van der Waals surface area (Å²) >= 11 is 0. The smallest absolute Gasteiger partial charge is 0.328 e. The minimum atomic E-state index is -1.04. The number of hydrogen-bond acceptors (Lipinski definition) is 6. The Hall–Kier alpha value is -3.20. The lowest BCUT2D eigenvalue weighted by Crippen LogP contribution is -2.47. The van der Waals surface area contributed by atoms with Crippen molar-refractivity contribution in [2.45, 2.75) is 25.9 Å². The van der Waals surface area contributed by atoms with Crippen molar-refractivity contribution in [2.24, 2.45) is 0 Å². The number of nitrogens with zero attached hydrogens (tertiary/aromatic N) is 2. The van der Waals surface area contributed by atoms with Gasteiger partial charge in [0.2, 0.25) is 5.91 Å². The Morgan fingerprint density at radius 1 is 1.25 bits per heavy atom. The summed E-state index contributed by atoms with van der Waals surface area (Å²) < 4.78 is 4.74. The number of esters is 1. The first kappa shape index (κ1) is 21.1. The van der Waals surface area contributed by atoms with Crippen LogP contribution in [-0.4, -0.2) is 64.1 Å². The van der Waals surface area contributed by atoms with Gasteiger partial charge in [-0.3, -0.25) is 14.5 Å². The van der Waals surface area contributed by atoms with Crippen LogP contribution in [0.1, 0.15) is 16.8 Å². The number of aliphatic carboxylic acids is 1. The second-order valence-corrected chi connectivity index (χ2v) is 6.45. The van der Waals surface area contributed by atoms with Crippen molar-refractivity contribution in [1.29, 1.82) is 0 Å². The number of carboxylic acids is 1. The maximum Gasteiger partial charge on any atom is 0.328 e. The van der Waals surface area contributed by atoms with Gasteiger partial charge in [-0.15, -0.1) is 0 Å². The number of aryl methyl sites for hydroxylation is 1. The Labute approximate surface area is 162 Å². The summed E-state index contributed by atoms with van der Waals surface area (Å²) in [5.41, 5.74) is 2.64. The van der Waals surface area contributed by atoms with Gasteiger partial charge in [0.05, 0.1) is 26.5 Å². The predicted octanol–water partition coefficient (Wildman–Crippen LogP) is 0.505. The van der Waals surface area contributed by atoms with Crippen LogP contribution in [0.3, 0.4) is 0 Å². The van der Waals surface area contributed by atoms with Crippen LogP contribution in [-0.2, 0) is 32.1 Å². The number of aromatic amines is 1. The van der Waals surface area contributed by atoms with Crippen molar-refractivity contribution < 1.29 is 24.2 Å². The minimum Gasteiger partial charge on any atom is -0.480 e. The van der Waals surface area contributed by atoms with Gasteiger partial charge in [0.15, 0.2) is 0 Å². The molecule has 1 unspecified atom stereocenters. The van der Waals surface area contributed by atoms with Crippen molar-refractivity contribution in [2.75, 3.05) is 20.2 Å². The van der Waals surface area contributed by atoms with E-state index in [9.17, 15) is 14.4 Å². The number of H-pyrrole nitrogens is 1. The molecule has 1 aromatic carbocycles. The molecule has 28 heavy (non-hydrogen) atoms. The van der Waals surface area contributed by atoms with Crippen molar-refractivity contribution in [1.82, 2.24) is 20.2 Å². The van der Waals surface area contributed by atoms with Crippen LogP contribution in [0.15, 0.2) is 36.8 Å². The van der Waals surface area contributed by atoms with Crippen LogP contribution >= 0.6 is 0 Å². The average molecular weight is 388 g/mol. The molecule has 2 rings (SSSR count). The van der Waals surface area contributed by atoms with Crippen LogP contribution in [0.4, 0.5) is 0 Å². The van der Waals surface area contributed by atoms with E-state index in [1.807, 2.05) is 31.2 Å². The molecule has 0 fully saturated rings. The van der Waals surface area contributed by atoms with Gasteiger partial charge < -0.3 is 20.1 Å². The summed E-state index contributed by atoms with van der Waals surface area (Å²) in [5.74, 6) is -2.10. The fourth-order valence-corrected chi connectivity index (χ4v) is 2.71. The van der Waals surface area contributed by atoms with Gasteiger partial charge in [-0.05, 0) is 12.5 Å². The third kappa shape index (κ3) is 6.84. The highest BCUT2D eigenvalue weighted by Gasteiger charge is 2.24. The maximum absolute atomic E-state index is 12.5. The van der Waals surface area contributed by atoms with E-state index >= 15 is 0 Å². The number of imidazole rings is 1. The number of carboxylic acid groups (broad SMARTS) is 1. The Bertz CT molecular complexity index is 789. The first-order chi connectivity index (χ1) is 13.4. The van der Waals surface area contributed by atoms with E-state index < -0.39 is 23.9 Å². The SMILES string of the molecule is COC(=O)C(Cc1cnc[nH]1)NC(=O)CN(CC(=O)O)Cc1ccc(C)cc1. The van der Waals surface area contributed by atoms with Crippen LogP contribution in [0.25, 0.3) is 0 Å². The van der Waals surface area contributed by atoms with Crippen LogP contribution in [0.2, 0.25) is 0 Å². The molecule has 1 atom stereocenters. The van der Waals surface area contributed by atoms with Gasteiger partial charge in [-0.25, -0.2) is 9.78 Å². The van der Waals surface area contributed by atoms with Crippen molar-refractivity contribution in [3.63, 3.8) is 0 Å². The molecule has 1 amide bonds. The molecule has 0 aliphatic carbocycles. The Balaban J connectivity index is 2.02. The van der Waals surface area contributed by atoms with Crippen molar-refractivity contribution >= 4 is 17.8 Å². The van der Waals surface area contributed by atoms with E-state index in [0.29, 0.717) is 12.2 Å². The second-order valence-electron chi connectivity index (χ2n) is 6.45. The lowest BCUT2D eigenvalue weighted by atomic mass is 10.1. The summed E-state index contributed by atoms with van der Waals surface area (Å²) in [5, 5.41) is 11.7. The zero-order chi connectivity index (χ0) is 20.5. The molecule has 0 aliphatic heterocycles. The molecular formula is C19H24N4O5. The van der Waals surface area contributed by atoms with Crippen molar-refractivity contribution in [3.05, 3.63) is 53.6 Å². The number of aromatic nitrogens is 2.